The van der Waals surface area contributed by atoms with Gasteiger partial charge in [-0.05, 0) is 23.8 Å². The fourth-order valence-electron chi connectivity index (χ4n) is 2.30. The molecule has 1 heterocycles. The zero-order valence-corrected chi connectivity index (χ0v) is 13.4. The van der Waals surface area contributed by atoms with Gasteiger partial charge in [0.1, 0.15) is 12.4 Å². The number of benzene rings is 2. The standard InChI is InChI=1S/C20H18N2O2/c1-22-14-18(13-21-22)19(23)12-11-17-9-5-6-10-20(17)24-15-16-7-3-2-4-8-16/h2-14H,15H2,1H3/b12-11+. The van der Waals surface area contributed by atoms with E-state index < -0.39 is 0 Å². The van der Waals surface area contributed by atoms with Gasteiger partial charge in [-0.2, -0.15) is 5.10 Å². The SMILES string of the molecule is Cn1cc(C(=O)/C=C/c2ccccc2OCc2ccccc2)cn1. The zero-order chi connectivity index (χ0) is 16.8. The zero-order valence-electron chi connectivity index (χ0n) is 13.4. The Hall–Kier alpha value is -3.14. The fraction of sp³-hybridized carbons (Fsp3) is 0.100. The predicted octanol–water partition coefficient (Wildman–Crippen LogP) is 3.90. The van der Waals surface area contributed by atoms with E-state index in [1.54, 1.807) is 36.3 Å². The van der Waals surface area contributed by atoms with Crippen molar-refractivity contribution in [2.24, 2.45) is 7.05 Å². The number of carbonyl (C=O) groups excluding carboxylic acids is 1. The highest BCUT2D eigenvalue weighted by atomic mass is 16.5. The summed E-state index contributed by atoms with van der Waals surface area (Å²) in [5.74, 6) is 0.664. The minimum atomic E-state index is -0.0824. The van der Waals surface area contributed by atoms with Gasteiger partial charge in [0.25, 0.3) is 0 Å². The van der Waals surface area contributed by atoms with E-state index >= 15 is 0 Å². The van der Waals surface area contributed by atoms with Crippen LogP contribution in [0.2, 0.25) is 0 Å². The highest BCUT2D eigenvalue weighted by molar-refractivity contribution is 6.06. The molecule has 0 bridgehead atoms. The summed E-state index contributed by atoms with van der Waals surface area (Å²) < 4.78 is 7.50. The van der Waals surface area contributed by atoms with E-state index in [1.807, 2.05) is 54.6 Å². The normalized spacial score (nSPS) is 10.9. The molecule has 0 unspecified atom stereocenters. The number of para-hydroxylation sites is 1. The van der Waals surface area contributed by atoms with Crippen LogP contribution in [-0.2, 0) is 13.7 Å². The van der Waals surface area contributed by atoms with Crippen LogP contribution in [0, 0.1) is 0 Å². The summed E-state index contributed by atoms with van der Waals surface area (Å²) in [4.78, 5) is 12.1. The van der Waals surface area contributed by atoms with E-state index in [0.29, 0.717) is 12.2 Å². The third-order valence-electron chi connectivity index (χ3n) is 3.56. The number of carbonyl (C=O) groups is 1. The van der Waals surface area contributed by atoms with E-state index in [2.05, 4.69) is 5.10 Å². The quantitative estimate of drug-likeness (QED) is 0.511. The Morgan fingerprint density at radius 2 is 1.88 bits per heavy atom. The van der Waals surface area contributed by atoms with Crippen LogP contribution in [0.4, 0.5) is 0 Å². The highest BCUT2D eigenvalue weighted by Crippen LogP contribution is 2.21. The Balaban J connectivity index is 1.72. The van der Waals surface area contributed by atoms with Crippen LogP contribution >= 0.6 is 0 Å². The van der Waals surface area contributed by atoms with Crippen LogP contribution in [0.15, 0.2) is 73.1 Å². The summed E-state index contributed by atoms with van der Waals surface area (Å²) >= 11 is 0. The third-order valence-corrected chi connectivity index (χ3v) is 3.56. The number of allylic oxidation sites excluding steroid dienone is 1. The molecule has 0 spiro atoms. The number of aromatic nitrogens is 2. The molecule has 2 aromatic carbocycles. The first-order valence-corrected chi connectivity index (χ1v) is 7.69. The second-order valence-corrected chi connectivity index (χ2v) is 5.41. The smallest absolute Gasteiger partial charge is 0.189 e. The maximum atomic E-state index is 12.1. The van der Waals surface area contributed by atoms with Crippen LogP contribution in [0.5, 0.6) is 5.75 Å². The van der Waals surface area contributed by atoms with E-state index in [-0.39, 0.29) is 5.78 Å². The average Bonchev–Trinajstić information content (AvgIpc) is 3.06. The van der Waals surface area contributed by atoms with E-state index in [1.165, 1.54) is 0 Å². The molecule has 4 nitrogen and oxygen atoms in total. The first kappa shape index (κ1) is 15.7. The molecule has 0 fully saturated rings. The van der Waals surface area contributed by atoms with Crippen LogP contribution in [-0.4, -0.2) is 15.6 Å². The lowest BCUT2D eigenvalue weighted by atomic mass is 10.1. The first-order chi connectivity index (χ1) is 11.7. The molecule has 120 valence electrons. The molecule has 0 N–H and O–H groups in total. The number of hydrogen-bond donors (Lipinski definition) is 0. The summed E-state index contributed by atoms with van der Waals surface area (Å²) in [5.41, 5.74) is 2.53. The topological polar surface area (TPSA) is 44.1 Å². The lowest BCUT2D eigenvalue weighted by molar-refractivity contribution is 0.104. The van der Waals surface area contributed by atoms with Gasteiger partial charge in [0, 0.05) is 18.8 Å². The van der Waals surface area contributed by atoms with Crippen LogP contribution in [0.25, 0.3) is 6.08 Å². The van der Waals surface area contributed by atoms with Crippen molar-refractivity contribution in [2.45, 2.75) is 6.61 Å². The summed E-state index contributed by atoms with van der Waals surface area (Å²) in [7, 11) is 1.78. The number of aryl methyl sites for hydroxylation is 1. The molecule has 0 aliphatic rings. The summed E-state index contributed by atoms with van der Waals surface area (Å²) in [6.07, 6.45) is 6.58. The van der Waals surface area contributed by atoms with Gasteiger partial charge in [-0.25, -0.2) is 0 Å². The molecular formula is C20H18N2O2. The number of ketones is 1. The molecule has 24 heavy (non-hydrogen) atoms. The van der Waals surface area contributed by atoms with Crippen molar-refractivity contribution in [3.05, 3.63) is 89.8 Å². The Morgan fingerprint density at radius 1 is 1.12 bits per heavy atom. The predicted molar refractivity (Wildman–Crippen MR) is 93.8 cm³/mol. The van der Waals surface area contributed by atoms with E-state index in [9.17, 15) is 4.79 Å². The van der Waals surface area contributed by atoms with Crippen molar-refractivity contribution < 1.29 is 9.53 Å². The van der Waals surface area contributed by atoms with Crippen molar-refractivity contribution in [3.8, 4) is 5.75 Å². The first-order valence-electron chi connectivity index (χ1n) is 7.69. The maximum Gasteiger partial charge on any atom is 0.189 e. The van der Waals surface area contributed by atoms with Crippen molar-refractivity contribution in [1.82, 2.24) is 9.78 Å². The number of hydrogen-bond acceptors (Lipinski definition) is 3. The van der Waals surface area contributed by atoms with Gasteiger partial charge < -0.3 is 4.74 Å². The Kier molecular flexibility index (Phi) is 4.87. The molecule has 0 aliphatic heterocycles. The lowest BCUT2D eigenvalue weighted by Gasteiger charge is -2.09. The van der Waals surface area contributed by atoms with Crippen molar-refractivity contribution in [3.63, 3.8) is 0 Å². The number of rotatable bonds is 6. The van der Waals surface area contributed by atoms with Crippen LogP contribution in [0.1, 0.15) is 21.5 Å². The van der Waals surface area contributed by atoms with Gasteiger partial charge in [0.15, 0.2) is 5.78 Å². The second kappa shape index (κ2) is 7.42. The van der Waals surface area contributed by atoms with Crippen molar-refractivity contribution >= 4 is 11.9 Å². The number of nitrogens with zero attached hydrogens (tertiary/aromatic N) is 2. The fourth-order valence-corrected chi connectivity index (χ4v) is 2.30. The Bertz CT molecular complexity index is 851. The van der Waals surface area contributed by atoms with E-state index in [4.69, 9.17) is 4.74 Å². The lowest BCUT2D eigenvalue weighted by Crippen LogP contribution is -1.97. The minimum Gasteiger partial charge on any atom is -0.488 e. The minimum absolute atomic E-state index is 0.0824. The Labute approximate surface area is 141 Å². The van der Waals surface area contributed by atoms with Gasteiger partial charge in [-0.15, -0.1) is 0 Å². The maximum absolute atomic E-state index is 12.1. The molecule has 0 amide bonds. The Morgan fingerprint density at radius 3 is 2.62 bits per heavy atom. The van der Waals surface area contributed by atoms with Gasteiger partial charge in [-0.1, -0.05) is 48.5 Å². The number of ether oxygens (including phenoxy) is 1. The molecule has 0 atom stereocenters. The van der Waals surface area contributed by atoms with Crippen molar-refractivity contribution in [2.75, 3.05) is 0 Å². The monoisotopic (exact) mass is 318 g/mol. The summed E-state index contributed by atoms with van der Waals surface area (Å²) in [6, 6.07) is 17.6. The molecule has 4 heteroatoms. The van der Waals surface area contributed by atoms with Crippen LogP contribution < -0.4 is 4.74 Å². The third kappa shape index (κ3) is 3.98. The van der Waals surface area contributed by atoms with E-state index in [0.717, 1.165) is 16.9 Å². The second-order valence-electron chi connectivity index (χ2n) is 5.41. The summed E-state index contributed by atoms with van der Waals surface area (Å²) in [6.45, 7) is 0.488. The molecule has 0 saturated heterocycles. The molecule has 3 rings (SSSR count). The van der Waals surface area contributed by atoms with Gasteiger partial charge in [0.2, 0.25) is 0 Å². The van der Waals surface area contributed by atoms with Gasteiger partial charge in [-0.3, -0.25) is 9.48 Å². The van der Waals surface area contributed by atoms with Gasteiger partial charge in [0.05, 0.1) is 11.8 Å². The summed E-state index contributed by atoms with van der Waals surface area (Å²) in [5, 5.41) is 4.01. The molecule has 0 aliphatic carbocycles. The average molecular weight is 318 g/mol. The molecular weight excluding hydrogens is 300 g/mol. The highest BCUT2D eigenvalue weighted by Gasteiger charge is 2.05. The molecule has 3 aromatic rings. The van der Waals surface area contributed by atoms with Crippen LogP contribution in [0.3, 0.4) is 0 Å². The largest absolute Gasteiger partial charge is 0.488 e. The van der Waals surface area contributed by atoms with Gasteiger partial charge >= 0.3 is 0 Å². The van der Waals surface area contributed by atoms with Crippen molar-refractivity contribution in [1.29, 1.82) is 0 Å². The molecule has 0 saturated carbocycles. The molecule has 1 aromatic heterocycles. The molecule has 0 radical (unpaired) electrons.